The van der Waals surface area contributed by atoms with E-state index in [-0.39, 0.29) is 17.8 Å². The Balaban J connectivity index is 1.86. The number of amides is 1. The summed E-state index contributed by atoms with van der Waals surface area (Å²) in [6.45, 7) is 1.27. The van der Waals surface area contributed by atoms with Crippen LogP contribution in [0.2, 0.25) is 0 Å². The molecule has 3 nitrogen and oxygen atoms in total. The first-order chi connectivity index (χ1) is 9.15. The third kappa shape index (κ3) is 4.44. The van der Waals surface area contributed by atoms with E-state index in [4.69, 9.17) is 4.74 Å². The summed E-state index contributed by atoms with van der Waals surface area (Å²) in [5, 5.41) is 2.74. The largest absolute Gasteiger partial charge is 0.376 e. The van der Waals surface area contributed by atoms with Crippen LogP contribution in [0.5, 0.6) is 0 Å². The van der Waals surface area contributed by atoms with E-state index >= 15 is 0 Å². The fraction of sp³-hybridized carbons (Fsp3) is 0.357. The van der Waals surface area contributed by atoms with E-state index in [0.717, 1.165) is 23.9 Å². The van der Waals surface area contributed by atoms with E-state index in [1.54, 1.807) is 12.1 Å². The number of benzene rings is 1. The monoisotopic (exact) mass is 327 g/mol. The van der Waals surface area contributed by atoms with Crippen molar-refractivity contribution in [2.45, 2.75) is 18.9 Å². The second kappa shape index (κ2) is 6.82. The number of rotatable bonds is 4. The van der Waals surface area contributed by atoms with Crippen LogP contribution in [0, 0.1) is 5.82 Å². The van der Waals surface area contributed by atoms with Crippen molar-refractivity contribution in [3.8, 4) is 0 Å². The molecule has 5 heteroatoms. The number of hydrogen-bond donors (Lipinski definition) is 1. The van der Waals surface area contributed by atoms with Crippen LogP contribution in [0.3, 0.4) is 0 Å². The molecule has 19 heavy (non-hydrogen) atoms. The molecule has 1 amide bonds. The minimum absolute atomic E-state index is 0.111. The maximum Gasteiger partial charge on any atom is 0.244 e. The van der Waals surface area contributed by atoms with Gasteiger partial charge in [0.15, 0.2) is 0 Å². The molecular formula is C14H15BrFNO2. The highest BCUT2D eigenvalue weighted by Gasteiger charge is 2.15. The Kier molecular flexibility index (Phi) is 5.10. The minimum Gasteiger partial charge on any atom is -0.376 e. The van der Waals surface area contributed by atoms with Crippen molar-refractivity contribution in [1.82, 2.24) is 5.32 Å². The fourth-order valence-electron chi connectivity index (χ4n) is 1.89. The van der Waals surface area contributed by atoms with Crippen LogP contribution >= 0.6 is 15.9 Å². The molecule has 0 saturated carbocycles. The van der Waals surface area contributed by atoms with Gasteiger partial charge in [-0.3, -0.25) is 4.79 Å². The molecule has 1 aromatic rings. The maximum atomic E-state index is 13.4. The van der Waals surface area contributed by atoms with Gasteiger partial charge in [0.05, 0.1) is 6.10 Å². The van der Waals surface area contributed by atoms with Gasteiger partial charge in [0, 0.05) is 29.3 Å². The van der Waals surface area contributed by atoms with Crippen LogP contribution in [0.1, 0.15) is 18.4 Å². The lowest BCUT2D eigenvalue weighted by Crippen LogP contribution is -2.30. The van der Waals surface area contributed by atoms with Gasteiger partial charge in [-0.15, -0.1) is 0 Å². The van der Waals surface area contributed by atoms with Crippen molar-refractivity contribution >= 4 is 27.9 Å². The van der Waals surface area contributed by atoms with Crippen molar-refractivity contribution < 1.29 is 13.9 Å². The Hall–Kier alpha value is -1.20. The van der Waals surface area contributed by atoms with Gasteiger partial charge < -0.3 is 10.1 Å². The Bertz CT molecular complexity index is 484. The Morgan fingerprint density at radius 2 is 2.42 bits per heavy atom. The zero-order chi connectivity index (χ0) is 13.7. The first-order valence-electron chi connectivity index (χ1n) is 6.18. The van der Waals surface area contributed by atoms with Crippen LogP contribution in [0.4, 0.5) is 4.39 Å². The molecule has 0 bridgehead atoms. The van der Waals surface area contributed by atoms with Crippen molar-refractivity contribution in [2.24, 2.45) is 0 Å². The van der Waals surface area contributed by atoms with Crippen LogP contribution < -0.4 is 5.32 Å². The zero-order valence-corrected chi connectivity index (χ0v) is 12.0. The molecule has 102 valence electrons. The number of carbonyl (C=O) groups is 1. The van der Waals surface area contributed by atoms with E-state index in [1.165, 1.54) is 18.2 Å². The molecule has 1 N–H and O–H groups in total. The molecule has 0 radical (unpaired) electrons. The van der Waals surface area contributed by atoms with Crippen LogP contribution in [0.15, 0.2) is 28.7 Å². The van der Waals surface area contributed by atoms with E-state index in [2.05, 4.69) is 21.2 Å². The summed E-state index contributed by atoms with van der Waals surface area (Å²) in [5.41, 5.74) is 0.377. The molecule has 1 aliphatic rings. The van der Waals surface area contributed by atoms with Crippen LogP contribution in [-0.4, -0.2) is 25.2 Å². The lowest BCUT2D eigenvalue weighted by Gasteiger charge is -2.08. The SMILES string of the molecule is O=C(/C=C/c1cc(Br)ccc1F)NCC1CCCO1. The van der Waals surface area contributed by atoms with E-state index in [0.29, 0.717) is 12.1 Å². The summed E-state index contributed by atoms with van der Waals surface area (Å²) in [6.07, 6.45) is 4.93. The quantitative estimate of drug-likeness (QED) is 0.863. The van der Waals surface area contributed by atoms with Gasteiger partial charge in [-0.25, -0.2) is 4.39 Å². The Labute approximate surface area is 120 Å². The second-order valence-corrected chi connectivity index (χ2v) is 5.30. The predicted molar refractivity (Wildman–Crippen MR) is 75.1 cm³/mol. The topological polar surface area (TPSA) is 38.3 Å². The molecule has 1 saturated heterocycles. The van der Waals surface area contributed by atoms with E-state index < -0.39 is 0 Å². The zero-order valence-electron chi connectivity index (χ0n) is 10.4. The normalized spacial score (nSPS) is 18.9. The molecule has 1 atom stereocenters. The fourth-order valence-corrected chi connectivity index (χ4v) is 2.27. The molecule has 0 aromatic heterocycles. The van der Waals surface area contributed by atoms with E-state index in [9.17, 15) is 9.18 Å². The van der Waals surface area contributed by atoms with Crippen molar-refractivity contribution in [1.29, 1.82) is 0 Å². The lowest BCUT2D eigenvalue weighted by atomic mass is 10.2. The molecule has 1 fully saturated rings. The molecule has 0 spiro atoms. The highest BCUT2D eigenvalue weighted by atomic mass is 79.9. The van der Waals surface area contributed by atoms with Crippen molar-refractivity contribution in [3.05, 3.63) is 40.1 Å². The third-order valence-electron chi connectivity index (χ3n) is 2.90. The molecule has 1 aromatic carbocycles. The van der Waals surface area contributed by atoms with Gasteiger partial charge in [0.2, 0.25) is 5.91 Å². The molecule has 1 aliphatic heterocycles. The summed E-state index contributed by atoms with van der Waals surface area (Å²) >= 11 is 3.26. The Morgan fingerprint density at radius 3 is 3.16 bits per heavy atom. The molecular weight excluding hydrogens is 313 g/mol. The maximum absolute atomic E-state index is 13.4. The van der Waals surface area contributed by atoms with Gasteiger partial charge in [0.1, 0.15) is 5.82 Å². The second-order valence-electron chi connectivity index (χ2n) is 4.38. The van der Waals surface area contributed by atoms with Gasteiger partial charge in [-0.2, -0.15) is 0 Å². The summed E-state index contributed by atoms with van der Waals surface area (Å²) < 4.78 is 19.6. The predicted octanol–water partition coefficient (Wildman–Crippen LogP) is 2.90. The molecule has 2 rings (SSSR count). The molecule has 0 aliphatic carbocycles. The summed E-state index contributed by atoms with van der Waals surface area (Å²) in [5.74, 6) is -0.596. The van der Waals surface area contributed by atoms with Gasteiger partial charge in [0.25, 0.3) is 0 Å². The van der Waals surface area contributed by atoms with Gasteiger partial charge in [-0.05, 0) is 37.1 Å². The van der Waals surface area contributed by atoms with Gasteiger partial charge in [-0.1, -0.05) is 15.9 Å². The van der Waals surface area contributed by atoms with Crippen molar-refractivity contribution in [2.75, 3.05) is 13.2 Å². The first-order valence-corrected chi connectivity index (χ1v) is 6.97. The third-order valence-corrected chi connectivity index (χ3v) is 3.39. The standard InChI is InChI=1S/C14H15BrFNO2/c15-11-4-5-13(16)10(8-11)3-6-14(18)17-9-12-2-1-7-19-12/h3-6,8,12H,1-2,7,9H2,(H,17,18)/b6-3+. The highest BCUT2D eigenvalue weighted by Crippen LogP contribution is 2.16. The lowest BCUT2D eigenvalue weighted by molar-refractivity contribution is -0.116. The average molecular weight is 328 g/mol. The number of ether oxygens (including phenoxy) is 1. The van der Waals surface area contributed by atoms with E-state index in [1.807, 2.05) is 0 Å². The average Bonchev–Trinajstić information content (AvgIpc) is 2.90. The summed E-state index contributed by atoms with van der Waals surface area (Å²) in [4.78, 5) is 11.6. The Morgan fingerprint density at radius 1 is 1.58 bits per heavy atom. The number of carbonyl (C=O) groups excluding carboxylic acids is 1. The minimum atomic E-state index is -0.355. The van der Waals surface area contributed by atoms with Crippen LogP contribution in [0.25, 0.3) is 6.08 Å². The number of nitrogens with one attached hydrogen (secondary N) is 1. The number of halogens is 2. The van der Waals surface area contributed by atoms with Gasteiger partial charge >= 0.3 is 0 Å². The highest BCUT2D eigenvalue weighted by molar-refractivity contribution is 9.10. The van der Waals surface area contributed by atoms with Crippen LogP contribution in [-0.2, 0) is 9.53 Å². The first kappa shape index (κ1) is 14.2. The molecule has 1 unspecified atom stereocenters. The summed E-state index contributed by atoms with van der Waals surface area (Å²) in [6, 6.07) is 4.59. The number of hydrogen-bond acceptors (Lipinski definition) is 2. The summed E-state index contributed by atoms with van der Waals surface area (Å²) in [7, 11) is 0. The smallest absolute Gasteiger partial charge is 0.244 e. The van der Waals surface area contributed by atoms with Crippen molar-refractivity contribution in [3.63, 3.8) is 0 Å². The molecule has 1 heterocycles.